The second-order valence-electron chi connectivity index (χ2n) is 7.77. The van der Waals surface area contributed by atoms with Crippen molar-refractivity contribution in [2.75, 3.05) is 32.8 Å². The topological polar surface area (TPSA) is 75.9 Å². The lowest BCUT2D eigenvalue weighted by molar-refractivity contribution is 0.0520. The molecule has 7 nitrogen and oxygen atoms in total. The molecule has 1 saturated heterocycles. The highest BCUT2D eigenvalue weighted by Gasteiger charge is 2.26. The summed E-state index contributed by atoms with van der Waals surface area (Å²) in [5.41, 5.74) is 3.02. The van der Waals surface area contributed by atoms with Gasteiger partial charge < -0.3 is 14.1 Å². The average Bonchev–Trinajstić information content (AvgIpc) is 3.20. The predicted molar refractivity (Wildman–Crippen MR) is 117 cm³/mol. The Balaban J connectivity index is 1.53. The normalized spacial score (nSPS) is 14.7. The number of para-hydroxylation sites is 1. The van der Waals surface area contributed by atoms with Crippen LogP contribution in [0.25, 0.3) is 10.9 Å². The number of carbonyl (C=O) groups is 2. The smallest absolute Gasteiger partial charge is 0.340 e. The summed E-state index contributed by atoms with van der Waals surface area (Å²) in [7, 11) is 0. The number of aryl methyl sites for hydroxylation is 2. The van der Waals surface area contributed by atoms with Crippen molar-refractivity contribution in [3.63, 3.8) is 0 Å². The Kier molecular flexibility index (Phi) is 6.04. The van der Waals surface area contributed by atoms with E-state index in [4.69, 9.17) is 14.1 Å². The Labute approximate surface area is 181 Å². The molecule has 0 atom stereocenters. The summed E-state index contributed by atoms with van der Waals surface area (Å²) in [6, 6.07) is 11.4. The predicted octanol–water partition coefficient (Wildman–Crippen LogP) is 3.58. The van der Waals surface area contributed by atoms with Crippen molar-refractivity contribution in [1.82, 2.24) is 14.8 Å². The number of ether oxygens (including phenoxy) is 1. The highest BCUT2D eigenvalue weighted by molar-refractivity contribution is 5.98. The average molecular weight is 421 g/mol. The minimum absolute atomic E-state index is 0.0837. The number of piperazine rings is 1. The Morgan fingerprint density at radius 2 is 1.81 bits per heavy atom. The lowest BCUT2D eigenvalue weighted by atomic mass is 10.0. The number of pyridine rings is 1. The number of benzene rings is 1. The fourth-order valence-corrected chi connectivity index (χ4v) is 4.06. The molecule has 1 aliphatic rings. The van der Waals surface area contributed by atoms with E-state index >= 15 is 0 Å². The van der Waals surface area contributed by atoms with E-state index in [1.54, 1.807) is 24.0 Å². The standard InChI is InChI=1S/C24H27N3O4/c1-4-30-24(29)22-17(3)18-7-5-6-8-19(18)25-20(22)15-26-11-13-27(14-12-26)23(28)21-10-9-16(2)31-21/h5-10H,4,11-15H2,1-3H3. The maximum Gasteiger partial charge on any atom is 0.340 e. The van der Waals surface area contributed by atoms with Crippen molar-refractivity contribution in [3.05, 3.63) is 64.7 Å². The zero-order valence-corrected chi connectivity index (χ0v) is 18.2. The van der Waals surface area contributed by atoms with Gasteiger partial charge in [0.1, 0.15) is 5.76 Å². The van der Waals surface area contributed by atoms with Gasteiger partial charge in [-0.3, -0.25) is 14.7 Å². The van der Waals surface area contributed by atoms with E-state index in [-0.39, 0.29) is 11.9 Å². The fraction of sp³-hybridized carbons (Fsp3) is 0.375. The van der Waals surface area contributed by atoms with Crippen LogP contribution in [0.2, 0.25) is 0 Å². The molecule has 1 fully saturated rings. The largest absolute Gasteiger partial charge is 0.462 e. The van der Waals surface area contributed by atoms with E-state index in [0.717, 1.165) is 27.9 Å². The highest BCUT2D eigenvalue weighted by Crippen LogP contribution is 2.25. The number of rotatable bonds is 5. The molecule has 3 aromatic rings. The molecule has 2 aromatic heterocycles. The van der Waals surface area contributed by atoms with Crippen LogP contribution in [0.5, 0.6) is 0 Å². The monoisotopic (exact) mass is 421 g/mol. The van der Waals surface area contributed by atoms with Gasteiger partial charge in [0.2, 0.25) is 0 Å². The first kappa shape index (κ1) is 21.1. The van der Waals surface area contributed by atoms with Crippen molar-refractivity contribution in [2.45, 2.75) is 27.3 Å². The summed E-state index contributed by atoms with van der Waals surface area (Å²) >= 11 is 0. The lowest BCUT2D eigenvalue weighted by Gasteiger charge is -2.34. The quantitative estimate of drug-likeness (QED) is 0.586. The molecule has 1 aliphatic heterocycles. The first-order chi connectivity index (χ1) is 15.0. The Bertz CT molecular complexity index is 1110. The van der Waals surface area contributed by atoms with Gasteiger partial charge >= 0.3 is 5.97 Å². The number of hydrogen-bond donors (Lipinski definition) is 0. The lowest BCUT2D eigenvalue weighted by Crippen LogP contribution is -2.48. The third-order valence-electron chi connectivity index (χ3n) is 5.69. The van der Waals surface area contributed by atoms with Gasteiger partial charge in [-0.1, -0.05) is 18.2 Å². The number of furan rings is 1. The van der Waals surface area contributed by atoms with Gasteiger partial charge in [0.15, 0.2) is 5.76 Å². The molecule has 0 unspecified atom stereocenters. The third-order valence-corrected chi connectivity index (χ3v) is 5.69. The van der Waals surface area contributed by atoms with Crippen LogP contribution in [0, 0.1) is 13.8 Å². The molecule has 7 heteroatoms. The molecule has 0 N–H and O–H groups in total. The molecular formula is C24H27N3O4. The van der Waals surface area contributed by atoms with Gasteiger partial charge in [-0.15, -0.1) is 0 Å². The van der Waals surface area contributed by atoms with E-state index in [1.807, 2.05) is 38.1 Å². The van der Waals surface area contributed by atoms with Crippen LogP contribution in [-0.2, 0) is 11.3 Å². The Hall–Kier alpha value is -3.19. The van der Waals surface area contributed by atoms with E-state index in [1.165, 1.54) is 0 Å². The van der Waals surface area contributed by atoms with Crippen LogP contribution >= 0.6 is 0 Å². The van der Waals surface area contributed by atoms with Crippen LogP contribution in [0.1, 0.15) is 44.9 Å². The summed E-state index contributed by atoms with van der Waals surface area (Å²) in [5, 5.41) is 0.957. The van der Waals surface area contributed by atoms with E-state index in [0.29, 0.717) is 50.7 Å². The minimum atomic E-state index is -0.338. The van der Waals surface area contributed by atoms with Crippen molar-refractivity contribution in [1.29, 1.82) is 0 Å². The SMILES string of the molecule is CCOC(=O)c1c(CN2CCN(C(=O)c3ccc(C)o3)CC2)nc2ccccc2c1C. The summed E-state index contributed by atoms with van der Waals surface area (Å²) < 4.78 is 10.8. The van der Waals surface area contributed by atoms with Crippen LogP contribution in [0.4, 0.5) is 0 Å². The summed E-state index contributed by atoms with van der Waals surface area (Å²) in [4.78, 5) is 34.2. The zero-order valence-electron chi connectivity index (χ0n) is 18.2. The Morgan fingerprint density at radius 1 is 1.06 bits per heavy atom. The van der Waals surface area contributed by atoms with Gasteiger partial charge in [0, 0.05) is 38.1 Å². The van der Waals surface area contributed by atoms with Crippen LogP contribution in [-0.4, -0.2) is 59.4 Å². The van der Waals surface area contributed by atoms with Crippen molar-refractivity contribution in [2.24, 2.45) is 0 Å². The molecule has 0 spiro atoms. The second kappa shape index (κ2) is 8.89. The van der Waals surface area contributed by atoms with Gasteiger partial charge in [-0.05, 0) is 44.5 Å². The maximum atomic E-state index is 12.7. The fourth-order valence-electron chi connectivity index (χ4n) is 4.06. The molecule has 0 saturated carbocycles. The van der Waals surface area contributed by atoms with Gasteiger partial charge in [0.05, 0.1) is 23.4 Å². The molecule has 4 rings (SSSR count). The van der Waals surface area contributed by atoms with E-state index < -0.39 is 0 Å². The highest BCUT2D eigenvalue weighted by atomic mass is 16.5. The molecular weight excluding hydrogens is 394 g/mol. The molecule has 0 bridgehead atoms. The number of hydrogen-bond acceptors (Lipinski definition) is 6. The summed E-state index contributed by atoms with van der Waals surface area (Å²) in [6.07, 6.45) is 0. The number of aromatic nitrogens is 1. The van der Waals surface area contributed by atoms with Crippen LogP contribution in [0.3, 0.4) is 0 Å². The van der Waals surface area contributed by atoms with Crippen LogP contribution in [0.15, 0.2) is 40.8 Å². The van der Waals surface area contributed by atoms with Crippen molar-refractivity contribution >= 4 is 22.8 Å². The first-order valence-electron chi connectivity index (χ1n) is 10.6. The number of fused-ring (bicyclic) bond motifs is 1. The van der Waals surface area contributed by atoms with Crippen molar-refractivity contribution in [3.8, 4) is 0 Å². The molecule has 1 aromatic carbocycles. The first-order valence-corrected chi connectivity index (χ1v) is 10.6. The number of carbonyl (C=O) groups excluding carboxylic acids is 2. The molecule has 3 heterocycles. The van der Waals surface area contributed by atoms with E-state index in [2.05, 4.69) is 4.90 Å². The molecule has 0 aliphatic carbocycles. The third kappa shape index (κ3) is 4.32. The number of nitrogens with zero attached hydrogens (tertiary/aromatic N) is 3. The van der Waals surface area contributed by atoms with Gasteiger partial charge in [-0.2, -0.15) is 0 Å². The second-order valence-corrected chi connectivity index (χ2v) is 7.77. The number of amides is 1. The van der Waals surface area contributed by atoms with Crippen molar-refractivity contribution < 1.29 is 18.7 Å². The Morgan fingerprint density at radius 3 is 2.48 bits per heavy atom. The minimum Gasteiger partial charge on any atom is -0.462 e. The summed E-state index contributed by atoms with van der Waals surface area (Å²) in [5.74, 6) is 0.684. The van der Waals surface area contributed by atoms with Crippen LogP contribution < -0.4 is 0 Å². The molecule has 31 heavy (non-hydrogen) atoms. The van der Waals surface area contributed by atoms with Gasteiger partial charge in [-0.25, -0.2) is 4.79 Å². The van der Waals surface area contributed by atoms with E-state index in [9.17, 15) is 9.59 Å². The summed E-state index contributed by atoms with van der Waals surface area (Å²) in [6.45, 7) is 9.01. The molecule has 162 valence electrons. The molecule has 0 radical (unpaired) electrons. The molecule has 1 amide bonds. The zero-order chi connectivity index (χ0) is 22.0. The van der Waals surface area contributed by atoms with Gasteiger partial charge in [0.25, 0.3) is 5.91 Å². The maximum absolute atomic E-state index is 12.7. The number of esters is 1.